The predicted octanol–water partition coefficient (Wildman–Crippen LogP) is 4.57. The Hall–Kier alpha value is -2.83. The molecular formula is C25H34N6O. The molecule has 1 N–H and O–H groups in total. The van der Waals surface area contributed by atoms with Gasteiger partial charge in [-0.3, -0.25) is 4.79 Å². The van der Waals surface area contributed by atoms with Crippen molar-refractivity contribution in [1.29, 1.82) is 0 Å². The average Bonchev–Trinajstić information content (AvgIpc) is 3.35. The van der Waals surface area contributed by atoms with Gasteiger partial charge in [0.1, 0.15) is 5.69 Å². The first-order valence-corrected chi connectivity index (χ1v) is 12.2. The Bertz CT molecular complexity index is 947. The van der Waals surface area contributed by atoms with Crippen molar-refractivity contribution < 1.29 is 4.79 Å². The Morgan fingerprint density at radius 3 is 2.47 bits per heavy atom. The van der Waals surface area contributed by atoms with Crippen molar-refractivity contribution in [3.05, 3.63) is 30.5 Å². The molecule has 1 aliphatic carbocycles. The maximum Gasteiger partial charge on any atom is 0.246 e. The standard InChI is InChI=1S/C25H34N6O/c1-3-30-22-16-26-25(28-24(22)31(17-23(30)32)21-6-4-5-7-21)27-19-8-10-20(11-9-19)29-14-12-18(2)13-15-29/h8-11,16,18,21H,3-7,12-15,17H2,1-2H3,(H,26,27,28). The summed E-state index contributed by atoms with van der Waals surface area (Å²) in [7, 11) is 0. The fraction of sp³-hybridized carbons (Fsp3) is 0.560. The molecule has 170 valence electrons. The lowest BCUT2D eigenvalue weighted by atomic mass is 9.99. The van der Waals surface area contributed by atoms with Gasteiger partial charge in [0.15, 0.2) is 5.82 Å². The van der Waals surface area contributed by atoms with Gasteiger partial charge in [0.05, 0.1) is 12.7 Å². The number of nitrogens with zero attached hydrogens (tertiary/aromatic N) is 5. The van der Waals surface area contributed by atoms with Crippen molar-refractivity contribution in [3.63, 3.8) is 0 Å². The third kappa shape index (κ3) is 4.12. The van der Waals surface area contributed by atoms with E-state index in [1.165, 1.54) is 31.4 Å². The van der Waals surface area contributed by atoms with Crippen LogP contribution in [0.3, 0.4) is 0 Å². The van der Waals surface area contributed by atoms with E-state index in [2.05, 4.69) is 51.3 Å². The molecule has 1 saturated heterocycles. The van der Waals surface area contributed by atoms with Crippen molar-refractivity contribution in [1.82, 2.24) is 9.97 Å². The van der Waals surface area contributed by atoms with Gasteiger partial charge in [-0.15, -0.1) is 0 Å². The second-order valence-electron chi connectivity index (χ2n) is 9.45. The van der Waals surface area contributed by atoms with E-state index in [1.807, 2.05) is 6.92 Å². The summed E-state index contributed by atoms with van der Waals surface area (Å²) in [4.78, 5) is 28.6. The van der Waals surface area contributed by atoms with Gasteiger partial charge in [-0.1, -0.05) is 19.8 Å². The Labute approximate surface area is 190 Å². The van der Waals surface area contributed by atoms with E-state index in [0.29, 0.717) is 25.1 Å². The van der Waals surface area contributed by atoms with Crippen molar-refractivity contribution in [3.8, 4) is 0 Å². The zero-order valence-electron chi connectivity index (χ0n) is 19.3. The molecule has 2 fully saturated rings. The number of piperidine rings is 1. The van der Waals surface area contributed by atoms with Gasteiger partial charge in [0, 0.05) is 37.1 Å². The second kappa shape index (κ2) is 8.96. The lowest BCUT2D eigenvalue weighted by Crippen LogP contribution is -2.49. The van der Waals surface area contributed by atoms with Crippen molar-refractivity contribution in [2.75, 3.05) is 46.2 Å². The number of hydrogen-bond donors (Lipinski definition) is 1. The monoisotopic (exact) mass is 434 g/mol. The first-order chi connectivity index (χ1) is 15.6. The molecule has 1 amide bonds. The summed E-state index contributed by atoms with van der Waals surface area (Å²) >= 11 is 0. The van der Waals surface area contributed by atoms with Gasteiger partial charge >= 0.3 is 0 Å². The maximum absolute atomic E-state index is 12.7. The van der Waals surface area contributed by atoms with Crippen molar-refractivity contribution >= 4 is 34.7 Å². The number of anilines is 5. The highest BCUT2D eigenvalue weighted by Crippen LogP contribution is 2.37. The summed E-state index contributed by atoms with van der Waals surface area (Å²) in [6.07, 6.45) is 9.03. The molecule has 0 radical (unpaired) electrons. The SMILES string of the molecule is CCN1C(=O)CN(C2CCCC2)c2nc(Nc3ccc(N4CCC(C)CC4)cc3)ncc21. The Balaban J connectivity index is 1.36. The number of hydrogen-bond acceptors (Lipinski definition) is 6. The van der Waals surface area contributed by atoms with Crippen LogP contribution >= 0.6 is 0 Å². The van der Waals surface area contributed by atoms with Crippen LogP contribution in [0.25, 0.3) is 0 Å². The van der Waals surface area contributed by atoms with Gasteiger partial charge in [-0.25, -0.2) is 4.98 Å². The van der Waals surface area contributed by atoms with Crippen LogP contribution in [0.4, 0.5) is 28.8 Å². The minimum Gasteiger partial charge on any atom is -0.372 e. The van der Waals surface area contributed by atoms with Gasteiger partial charge < -0.3 is 20.0 Å². The van der Waals surface area contributed by atoms with E-state index >= 15 is 0 Å². The lowest BCUT2D eigenvalue weighted by molar-refractivity contribution is -0.117. The minimum absolute atomic E-state index is 0.138. The summed E-state index contributed by atoms with van der Waals surface area (Å²) in [5.74, 6) is 2.43. The molecule has 0 bridgehead atoms. The van der Waals surface area contributed by atoms with Crippen LogP contribution in [-0.4, -0.2) is 48.1 Å². The number of nitrogens with one attached hydrogen (secondary N) is 1. The quantitative estimate of drug-likeness (QED) is 0.744. The first kappa shape index (κ1) is 21.0. The smallest absolute Gasteiger partial charge is 0.246 e. The topological polar surface area (TPSA) is 64.6 Å². The van der Waals surface area contributed by atoms with E-state index < -0.39 is 0 Å². The van der Waals surface area contributed by atoms with Crippen LogP contribution < -0.4 is 20.0 Å². The third-order valence-corrected chi connectivity index (χ3v) is 7.27. The van der Waals surface area contributed by atoms with Crippen LogP contribution in [0.5, 0.6) is 0 Å². The van der Waals surface area contributed by atoms with Gasteiger partial charge in [0.25, 0.3) is 0 Å². The highest BCUT2D eigenvalue weighted by Gasteiger charge is 2.35. The molecule has 1 aromatic carbocycles. The van der Waals surface area contributed by atoms with Crippen LogP contribution in [0.15, 0.2) is 30.5 Å². The fourth-order valence-corrected chi connectivity index (χ4v) is 5.28. The summed E-state index contributed by atoms with van der Waals surface area (Å²) < 4.78 is 0. The van der Waals surface area contributed by atoms with E-state index in [9.17, 15) is 4.79 Å². The van der Waals surface area contributed by atoms with E-state index in [1.54, 1.807) is 11.1 Å². The van der Waals surface area contributed by atoms with Crippen LogP contribution in [0.2, 0.25) is 0 Å². The number of amides is 1. The fourth-order valence-electron chi connectivity index (χ4n) is 5.28. The lowest BCUT2D eigenvalue weighted by Gasteiger charge is -2.38. The molecule has 7 heteroatoms. The Morgan fingerprint density at radius 1 is 1.06 bits per heavy atom. The number of benzene rings is 1. The molecule has 5 rings (SSSR count). The third-order valence-electron chi connectivity index (χ3n) is 7.27. The highest BCUT2D eigenvalue weighted by atomic mass is 16.2. The second-order valence-corrected chi connectivity index (χ2v) is 9.45. The summed E-state index contributed by atoms with van der Waals surface area (Å²) in [5.41, 5.74) is 3.08. The van der Waals surface area contributed by atoms with Crippen molar-refractivity contribution in [2.45, 2.75) is 58.4 Å². The summed E-state index contributed by atoms with van der Waals surface area (Å²) in [5, 5.41) is 3.38. The molecule has 0 atom stereocenters. The zero-order valence-corrected chi connectivity index (χ0v) is 19.3. The maximum atomic E-state index is 12.7. The molecule has 3 aliphatic rings. The molecule has 32 heavy (non-hydrogen) atoms. The molecule has 0 spiro atoms. The molecule has 1 saturated carbocycles. The number of fused-ring (bicyclic) bond motifs is 1. The predicted molar refractivity (Wildman–Crippen MR) is 130 cm³/mol. The normalized spacial score (nSPS) is 20.1. The summed E-state index contributed by atoms with van der Waals surface area (Å²) in [6.45, 7) is 7.65. The Kier molecular flexibility index (Phi) is 5.89. The molecule has 0 unspecified atom stereocenters. The van der Waals surface area contributed by atoms with Gasteiger partial charge in [-0.2, -0.15) is 4.98 Å². The number of aromatic nitrogens is 2. The van der Waals surface area contributed by atoms with Crippen LogP contribution in [-0.2, 0) is 4.79 Å². The number of likely N-dealkylation sites (N-methyl/N-ethyl adjacent to an activating group) is 1. The average molecular weight is 435 g/mol. The summed E-state index contributed by atoms with van der Waals surface area (Å²) in [6, 6.07) is 8.96. The Morgan fingerprint density at radius 2 is 1.78 bits per heavy atom. The zero-order chi connectivity index (χ0) is 22.1. The van der Waals surface area contributed by atoms with E-state index in [4.69, 9.17) is 4.98 Å². The van der Waals surface area contributed by atoms with E-state index in [-0.39, 0.29) is 5.91 Å². The molecule has 1 aromatic heterocycles. The molecule has 2 aliphatic heterocycles. The molecular weight excluding hydrogens is 400 g/mol. The highest BCUT2D eigenvalue weighted by molar-refractivity contribution is 6.02. The largest absolute Gasteiger partial charge is 0.372 e. The van der Waals surface area contributed by atoms with E-state index in [0.717, 1.165) is 49.0 Å². The minimum atomic E-state index is 0.138. The van der Waals surface area contributed by atoms with Gasteiger partial charge in [-0.05, 0) is 62.8 Å². The van der Waals surface area contributed by atoms with Crippen LogP contribution in [0.1, 0.15) is 52.4 Å². The number of rotatable bonds is 5. The molecule has 7 nitrogen and oxygen atoms in total. The molecule has 2 aromatic rings. The van der Waals surface area contributed by atoms with Crippen LogP contribution in [0, 0.1) is 5.92 Å². The number of carbonyl (C=O) groups excluding carboxylic acids is 1. The van der Waals surface area contributed by atoms with Gasteiger partial charge in [0.2, 0.25) is 11.9 Å². The first-order valence-electron chi connectivity index (χ1n) is 12.2. The molecule has 3 heterocycles. The number of carbonyl (C=O) groups is 1. The van der Waals surface area contributed by atoms with Crippen molar-refractivity contribution in [2.24, 2.45) is 5.92 Å².